The monoisotopic (exact) mass is 308 g/mol. The Hall–Kier alpha value is -0.220. The van der Waals surface area contributed by atoms with E-state index in [1.807, 2.05) is 0 Å². The lowest BCUT2D eigenvalue weighted by Gasteiger charge is -2.04. The van der Waals surface area contributed by atoms with Crippen LogP contribution in [-0.2, 0) is 0 Å². The first kappa shape index (κ1) is 10.9. The van der Waals surface area contributed by atoms with Crippen molar-refractivity contribution in [1.29, 1.82) is 0 Å². The van der Waals surface area contributed by atoms with E-state index in [-0.39, 0.29) is 21.4 Å². The Morgan fingerprint density at radius 3 is 2.69 bits per heavy atom. The summed E-state index contributed by atoms with van der Waals surface area (Å²) in [5.41, 5.74) is 0.901. The zero-order chi connectivity index (χ0) is 10.0. The molecule has 0 atom stereocenters. The summed E-state index contributed by atoms with van der Waals surface area (Å²) in [7, 11) is 0. The molecule has 0 saturated carbocycles. The molecule has 1 aromatic rings. The summed E-state index contributed by atoms with van der Waals surface area (Å²) in [6.07, 6.45) is 0. The predicted octanol–water partition coefficient (Wildman–Crippen LogP) is 3.47. The summed E-state index contributed by atoms with van der Waals surface area (Å²) in [5, 5.41) is 0.202. The second-order valence-electron chi connectivity index (χ2n) is 2.61. The maximum Gasteiger partial charge on any atom is 0.174 e. The highest BCUT2D eigenvalue weighted by Crippen LogP contribution is 2.24. The summed E-state index contributed by atoms with van der Waals surface area (Å²) in [4.78, 5) is 11.3. The quantitative estimate of drug-likeness (QED) is 0.604. The lowest BCUT2D eigenvalue weighted by atomic mass is 10.1. The van der Waals surface area contributed by atoms with Gasteiger partial charge in [-0.3, -0.25) is 4.79 Å². The van der Waals surface area contributed by atoms with Crippen LogP contribution in [0.25, 0.3) is 0 Å². The van der Waals surface area contributed by atoms with E-state index in [1.54, 1.807) is 19.1 Å². The SMILES string of the molecule is Cc1ccc(C(=O)CBr)c(Br)c1F. The van der Waals surface area contributed by atoms with E-state index >= 15 is 0 Å². The largest absolute Gasteiger partial charge is 0.293 e. The molecule has 0 aromatic heterocycles. The Balaban J connectivity index is 3.26. The maximum absolute atomic E-state index is 13.3. The van der Waals surface area contributed by atoms with Gasteiger partial charge >= 0.3 is 0 Å². The van der Waals surface area contributed by atoms with Crippen molar-refractivity contribution >= 4 is 37.6 Å². The van der Waals surface area contributed by atoms with Gasteiger partial charge in [0.2, 0.25) is 0 Å². The van der Waals surface area contributed by atoms with E-state index in [1.165, 1.54) is 0 Å². The molecule has 4 heteroatoms. The van der Waals surface area contributed by atoms with Crippen molar-refractivity contribution in [1.82, 2.24) is 0 Å². The van der Waals surface area contributed by atoms with Gasteiger partial charge in [-0.15, -0.1) is 0 Å². The minimum absolute atomic E-state index is 0.134. The van der Waals surface area contributed by atoms with Crippen molar-refractivity contribution in [2.45, 2.75) is 6.92 Å². The van der Waals surface area contributed by atoms with Gasteiger partial charge in [-0.2, -0.15) is 0 Å². The van der Waals surface area contributed by atoms with Crippen LogP contribution in [-0.4, -0.2) is 11.1 Å². The third-order valence-corrected chi connectivity index (χ3v) is 2.98. The number of aryl methyl sites for hydroxylation is 1. The van der Waals surface area contributed by atoms with Crippen LogP contribution in [0.1, 0.15) is 15.9 Å². The van der Waals surface area contributed by atoms with Gasteiger partial charge in [0.05, 0.1) is 9.80 Å². The lowest BCUT2D eigenvalue weighted by molar-refractivity contribution is 0.102. The van der Waals surface area contributed by atoms with Crippen LogP contribution in [0.15, 0.2) is 16.6 Å². The number of alkyl halides is 1. The smallest absolute Gasteiger partial charge is 0.174 e. The number of Topliss-reactive ketones (excluding diaryl/α,β-unsaturated/α-hetero) is 1. The topological polar surface area (TPSA) is 17.1 Å². The van der Waals surface area contributed by atoms with Crippen molar-refractivity contribution in [3.05, 3.63) is 33.5 Å². The molecule has 0 N–H and O–H groups in total. The summed E-state index contributed by atoms with van der Waals surface area (Å²) < 4.78 is 13.5. The summed E-state index contributed by atoms with van der Waals surface area (Å²) in [6.45, 7) is 1.66. The molecular weight excluding hydrogens is 303 g/mol. The van der Waals surface area contributed by atoms with E-state index in [9.17, 15) is 9.18 Å². The number of benzene rings is 1. The second-order valence-corrected chi connectivity index (χ2v) is 3.97. The molecule has 0 saturated heterocycles. The molecule has 0 aliphatic heterocycles. The van der Waals surface area contributed by atoms with E-state index in [0.29, 0.717) is 11.1 Å². The van der Waals surface area contributed by atoms with Crippen molar-refractivity contribution in [3.8, 4) is 0 Å². The summed E-state index contributed by atoms with van der Waals surface area (Å²) in [5.74, 6) is -0.502. The van der Waals surface area contributed by atoms with E-state index in [0.717, 1.165) is 0 Å². The minimum Gasteiger partial charge on any atom is -0.293 e. The van der Waals surface area contributed by atoms with Gasteiger partial charge in [-0.05, 0) is 34.5 Å². The normalized spacial score (nSPS) is 10.2. The molecule has 0 fully saturated rings. The molecule has 0 aliphatic rings. The van der Waals surface area contributed by atoms with Gasteiger partial charge < -0.3 is 0 Å². The Morgan fingerprint density at radius 2 is 2.15 bits per heavy atom. The first-order chi connectivity index (χ1) is 6.07. The fourth-order valence-corrected chi connectivity index (χ4v) is 1.90. The lowest BCUT2D eigenvalue weighted by Crippen LogP contribution is -2.03. The molecule has 0 radical (unpaired) electrons. The summed E-state index contributed by atoms with van der Waals surface area (Å²) in [6, 6.07) is 3.21. The molecule has 70 valence electrons. The number of hydrogen-bond donors (Lipinski definition) is 0. The highest BCUT2D eigenvalue weighted by atomic mass is 79.9. The Morgan fingerprint density at radius 1 is 1.54 bits per heavy atom. The maximum atomic E-state index is 13.3. The average molecular weight is 310 g/mol. The highest BCUT2D eigenvalue weighted by molar-refractivity contribution is 9.10. The molecule has 0 aliphatic carbocycles. The number of rotatable bonds is 2. The molecule has 0 unspecified atom stereocenters. The number of carbonyl (C=O) groups excluding carboxylic acids is 1. The first-order valence-electron chi connectivity index (χ1n) is 3.61. The van der Waals surface area contributed by atoms with Crippen LogP contribution in [0.3, 0.4) is 0 Å². The van der Waals surface area contributed by atoms with Crippen LogP contribution in [0.4, 0.5) is 4.39 Å². The average Bonchev–Trinajstić information content (AvgIpc) is 2.13. The molecule has 1 rings (SSSR count). The van der Waals surface area contributed by atoms with E-state index in [4.69, 9.17) is 0 Å². The standard InChI is InChI=1S/C9H7Br2FO/c1-5-2-3-6(7(13)4-10)8(11)9(5)12/h2-3H,4H2,1H3. The highest BCUT2D eigenvalue weighted by Gasteiger charge is 2.13. The van der Waals surface area contributed by atoms with Crippen LogP contribution in [0.5, 0.6) is 0 Å². The number of halogens is 3. The van der Waals surface area contributed by atoms with Gasteiger partial charge in [0.15, 0.2) is 5.78 Å². The fourth-order valence-electron chi connectivity index (χ4n) is 0.933. The molecule has 0 bridgehead atoms. The van der Waals surface area contributed by atoms with Gasteiger partial charge in [0, 0.05) is 5.56 Å². The molecular formula is C9H7Br2FO. The molecule has 1 aromatic carbocycles. The van der Waals surface area contributed by atoms with Crippen LogP contribution in [0, 0.1) is 12.7 Å². The van der Waals surface area contributed by atoms with Gasteiger partial charge in [-0.1, -0.05) is 22.0 Å². The molecule has 0 heterocycles. The van der Waals surface area contributed by atoms with Crippen molar-refractivity contribution < 1.29 is 9.18 Å². The van der Waals surface area contributed by atoms with Gasteiger partial charge in [0.25, 0.3) is 0 Å². The molecule has 1 nitrogen and oxygen atoms in total. The Kier molecular flexibility index (Phi) is 3.62. The fraction of sp³-hybridized carbons (Fsp3) is 0.222. The van der Waals surface area contributed by atoms with Crippen molar-refractivity contribution in [2.75, 3.05) is 5.33 Å². The van der Waals surface area contributed by atoms with E-state index in [2.05, 4.69) is 31.9 Å². The zero-order valence-electron chi connectivity index (χ0n) is 6.90. The predicted molar refractivity (Wildman–Crippen MR) is 57.0 cm³/mol. The molecule has 13 heavy (non-hydrogen) atoms. The third kappa shape index (κ3) is 2.17. The Bertz CT molecular complexity index is 350. The van der Waals surface area contributed by atoms with E-state index < -0.39 is 0 Å². The van der Waals surface area contributed by atoms with Gasteiger partial charge in [-0.25, -0.2) is 4.39 Å². The first-order valence-corrected chi connectivity index (χ1v) is 5.53. The van der Waals surface area contributed by atoms with Crippen LogP contribution in [0.2, 0.25) is 0 Å². The van der Waals surface area contributed by atoms with Crippen molar-refractivity contribution in [2.24, 2.45) is 0 Å². The third-order valence-electron chi connectivity index (χ3n) is 1.70. The van der Waals surface area contributed by atoms with Crippen LogP contribution >= 0.6 is 31.9 Å². The van der Waals surface area contributed by atoms with Crippen molar-refractivity contribution in [3.63, 3.8) is 0 Å². The molecule has 0 amide bonds. The number of ketones is 1. The van der Waals surface area contributed by atoms with Gasteiger partial charge in [0.1, 0.15) is 5.82 Å². The number of hydrogen-bond acceptors (Lipinski definition) is 1. The summed E-state index contributed by atoms with van der Waals surface area (Å²) >= 11 is 6.09. The van der Waals surface area contributed by atoms with Crippen LogP contribution < -0.4 is 0 Å². The zero-order valence-corrected chi connectivity index (χ0v) is 10.1. The number of carbonyl (C=O) groups is 1. The molecule has 0 spiro atoms. The Labute approximate surface area is 92.6 Å². The second kappa shape index (κ2) is 4.33. The minimum atomic E-state index is -0.369.